The lowest BCUT2D eigenvalue weighted by molar-refractivity contribution is -0.137. The number of thiazole rings is 1. The number of alkyl halides is 3. The highest BCUT2D eigenvalue weighted by molar-refractivity contribution is 7.93. The van der Waals surface area contributed by atoms with Gasteiger partial charge in [-0.05, 0) is 29.8 Å². The number of halogens is 5. The summed E-state index contributed by atoms with van der Waals surface area (Å²) in [6.07, 6.45) is -4.35. The van der Waals surface area contributed by atoms with Crippen LogP contribution in [0.3, 0.4) is 0 Å². The van der Waals surface area contributed by atoms with E-state index in [1.807, 2.05) is 0 Å². The van der Waals surface area contributed by atoms with Gasteiger partial charge in [0.2, 0.25) is 0 Å². The predicted octanol–water partition coefficient (Wildman–Crippen LogP) is 4.82. The molecule has 3 aromatic rings. The number of nitrogens with two attached hydrogens (primary N) is 1. The molecule has 0 fully saturated rings. The minimum atomic E-state index is -4.56. The molecule has 160 valence electrons. The molecule has 2 aromatic carbocycles. The van der Waals surface area contributed by atoms with E-state index in [4.69, 9.17) is 17.3 Å². The van der Waals surface area contributed by atoms with Crippen molar-refractivity contribution in [2.75, 3.05) is 10.0 Å². The first-order valence-electron chi connectivity index (χ1n) is 8.08. The minimum Gasteiger partial charge on any atom is -0.365 e. The van der Waals surface area contributed by atoms with Crippen molar-refractivity contribution < 1.29 is 26.0 Å². The number of nitrogens with one attached hydrogen (secondary N) is 2. The maximum atomic E-state index is 14.5. The van der Waals surface area contributed by atoms with Gasteiger partial charge in [0, 0.05) is 11.6 Å². The Balaban J connectivity index is 1.85. The van der Waals surface area contributed by atoms with Gasteiger partial charge in [-0.15, -0.1) is 11.3 Å². The Bertz CT molecular complexity index is 1160. The summed E-state index contributed by atoms with van der Waals surface area (Å²) in [5.41, 5.74) is 4.96. The molecule has 1 heterocycles. The number of benzene rings is 2. The van der Waals surface area contributed by atoms with E-state index < -0.39 is 38.6 Å². The Hall–Kier alpha value is -2.41. The Labute approximate surface area is 177 Å². The Morgan fingerprint density at radius 3 is 2.57 bits per heavy atom. The topological polar surface area (TPSA) is 97.1 Å². The zero-order chi connectivity index (χ0) is 22.1. The van der Waals surface area contributed by atoms with E-state index >= 15 is 0 Å². The average Bonchev–Trinajstić information content (AvgIpc) is 3.16. The van der Waals surface area contributed by atoms with Crippen molar-refractivity contribution in [3.8, 4) is 0 Å². The molecule has 0 saturated heterocycles. The first kappa shape index (κ1) is 22.3. The van der Waals surface area contributed by atoms with Crippen LogP contribution in [0.25, 0.3) is 0 Å². The first-order chi connectivity index (χ1) is 14.0. The molecule has 0 bridgehead atoms. The maximum Gasteiger partial charge on any atom is 0.416 e. The molecule has 0 aliphatic carbocycles. The van der Waals surface area contributed by atoms with Gasteiger partial charge in [-0.1, -0.05) is 23.7 Å². The number of hydrogen-bond acceptors (Lipinski definition) is 6. The molecule has 1 aromatic heterocycles. The van der Waals surface area contributed by atoms with Crippen LogP contribution in [0.5, 0.6) is 0 Å². The van der Waals surface area contributed by atoms with Crippen molar-refractivity contribution in [3.05, 3.63) is 69.9 Å². The van der Waals surface area contributed by atoms with Crippen molar-refractivity contribution in [1.82, 2.24) is 4.98 Å². The molecule has 0 amide bonds. The van der Waals surface area contributed by atoms with Gasteiger partial charge in [0.15, 0.2) is 5.13 Å². The molecular formula is C17H13ClF4N4O2S2. The van der Waals surface area contributed by atoms with Crippen molar-refractivity contribution in [2.24, 2.45) is 5.73 Å². The average molecular weight is 481 g/mol. The maximum absolute atomic E-state index is 14.5. The molecule has 6 nitrogen and oxygen atoms in total. The van der Waals surface area contributed by atoms with Crippen LogP contribution in [0.2, 0.25) is 5.02 Å². The predicted molar refractivity (Wildman–Crippen MR) is 106 cm³/mol. The second-order valence-corrected chi connectivity index (χ2v) is 8.90. The van der Waals surface area contributed by atoms with Gasteiger partial charge in [0.1, 0.15) is 16.9 Å². The lowest BCUT2D eigenvalue weighted by Gasteiger charge is -2.19. The zero-order valence-electron chi connectivity index (χ0n) is 14.7. The van der Waals surface area contributed by atoms with E-state index in [0.717, 1.165) is 35.6 Å². The van der Waals surface area contributed by atoms with Gasteiger partial charge in [0.25, 0.3) is 10.0 Å². The van der Waals surface area contributed by atoms with Gasteiger partial charge >= 0.3 is 6.18 Å². The summed E-state index contributed by atoms with van der Waals surface area (Å²) in [5, 5.41) is 3.96. The lowest BCUT2D eigenvalue weighted by atomic mass is 10.1. The van der Waals surface area contributed by atoms with E-state index in [1.54, 1.807) is 0 Å². The molecule has 4 N–H and O–H groups in total. The van der Waals surface area contributed by atoms with Crippen molar-refractivity contribution in [3.63, 3.8) is 0 Å². The van der Waals surface area contributed by atoms with Gasteiger partial charge in [-0.25, -0.2) is 17.8 Å². The van der Waals surface area contributed by atoms with Crippen molar-refractivity contribution >= 4 is 43.8 Å². The fourth-order valence-electron chi connectivity index (χ4n) is 2.45. The number of aromatic nitrogens is 1. The standard InChI is InChI=1S/C17H13ClF4N4O2S2/c18-11-7-14(30(27,28)26-16-24-4-5-29-16)12(19)8-13(11)25-15(23)9-2-1-3-10(6-9)17(20,21)22/h1-8,15,25H,23H2,(H,24,26)/t15-/m1/s1. The molecular weight excluding hydrogens is 468 g/mol. The first-order valence-corrected chi connectivity index (χ1v) is 10.8. The van der Waals surface area contributed by atoms with Crippen LogP contribution in [0, 0.1) is 5.82 Å². The molecule has 30 heavy (non-hydrogen) atoms. The zero-order valence-corrected chi connectivity index (χ0v) is 17.1. The fourth-order valence-corrected chi connectivity index (χ4v) is 4.61. The van der Waals surface area contributed by atoms with Crippen molar-refractivity contribution in [1.29, 1.82) is 0 Å². The highest BCUT2D eigenvalue weighted by Crippen LogP contribution is 2.33. The van der Waals surface area contributed by atoms with Crippen molar-refractivity contribution in [2.45, 2.75) is 17.2 Å². The third-order valence-corrected chi connectivity index (χ3v) is 6.33. The van der Waals surface area contributed by atoms with Crippen LogP contribution in [0.1, 0.15) is 17.3 Å². The molecule has 3 rings (SSSR count). The highest BCUT2D eigenvalue weighted by atomic mass is 35.5. The molecule has 0 aliphatic heterocycles. The lowest BCUT2D eigenvalue weighted by Crippen LogP contribution is -2.21. The van der Waals surface area contributed by atoms with Gasteiger partial charge in [-0.2, -0.15) is 13.2 Å². The van der Waals surface area contributed by atoms with E-state index in [0.29, 0.717) is 0 Å². The Morgan fingerprint density at radius 2 is 1.93 bits per heavy atom. The van der Waals surface area contributed by atoms with E-state index in [-0.39, 0.29) is 21.4 Å². The van der Waals surface area contributed by atoms with E-state index in [2.05, 4.69) is 15.0 Å². The van der Waals surface area contributed by atoms with Gasteiger partial charge < -0.3 is 11.1 Å². The van der Waals surface area contributed by atoms with Crippen LogP contribution >= 0.6 is 22.9 Å². The number of hydrogen-bond donors (Lipinski definition) is 3. The third kappa shape index (κ3) is 5.01. The molecule has 0 spiro atoms. The summed E-state index contributed by atoms with van der Waals surface area (Å²) >= 11 is 7.06. The van der Waals surface area contributed by atoms with Crippen LogP contribution in [-0.4, -0.2) is 13.4 Å². The van der Waals surface area contributed by atoms with Crippen LogP contribution in [0.15, 0.2) is 52.9 Å². The molecule has 0 unspecified atom stereocenters. The van der Waals surface area contributed by atoms with Gasteiger partial charge in [0.05, 0.1) is 16.3 Å². The molecule has 0 saturated carbocycles. The SMILES string of the molecule is N[C@H](Nc1cc(F)c(S(=O)(=O)Nc2nccs2)cc1Cl)c1cccc(C(F)(F)F)c1. The third-order valence-electron chi connectivity index (χ3n) is 3.85. The van der Waals surface area contributed by atoms with Crippen LogP contribution < -0.4 is 15.8 Å². The Kier molecular flexibility index (Phi) is 6.22. The summed E-state index contributed by atoms with van der Waals surface area (Å²) in [6.45, 7) is 0. The normalized spacial score (nSPS) is 13.1. The highest BCUT2D eigenvalue weighted by Gasteiger charge is 2.31. The monoisotopic (exact) mass is 480 g/mol. The van der Waals surface area contributed by atoms with Gasteiger partial charge in [-0.3, -0.25) is 4.72 Å². The molecule has 13 heteroatoms. The van der Waals surface area contributed by atoms with Crippen LogP contribution in [-0.2, 0) is 16.2 Å². The Morgan fingerprint density at radius 1 is 1.20 bits per heavy atom. The number of nitrogens with zero attached hydrogens (tertiary/aromatic N) is 1. The summed E-state index contributed by atoms with van der Waals surface area (Å²) in [4.78, 5) is 3.04. The second kappa shape index (κ2) is 8.38. The summed E-state index contributed by atoms with van der Waals surface area (Å²) in [5.74, 6) is -1.14. The summed E-state index contributed by atoms with van der Waals surface area (Å²) < 4.78 is 80.0. The molecule has 0 aliphatic rings. The fraction of sp³-hybridized carbons (Fsp3) is 0.118. The smallest absolute Gasteiger partial charge is 0.365 e. The van der Waals surface area contributed by atoms with Crippen LogP contribution in [0.4, 0.5) is 28.4 Å². The number of anilines is 2. The number of rotatable bonds is 6. The van der Waals surface area contributed by atoms with E-state index in [9.17, 15) is 26.0 Å². The minimum absolute atomic E-state index is 0.0410. The molecule has 1 atom stereocenters. The summed E-state index contributed by atoms with van der Waals surface area (Å²) in [6, 6.07) is 5.94. The number of sulfonamides is 1. The largest absolute Gasteiger partial charge is 0.416 e. The van der Waals surface area contributed by atoms with E-state index in [1.165, 1.54) is 23.7 Å². The second-order valence-electron chi connectivity index (χ2n) is 5.95. The molecule has 0 radical (unpaired) electrons. The summed E-state index contributed by atoms with van der Waals surface area (Å²) in [7, 11) is -4.30. The quantitative estimate of drug-likeness (QED) is 0.347.